The van der Waals surface area contributed by atoms with E-state index in [2.05, 4.69) is 18.7 Å². The summed E-state index contributed by atoms with van der Waals surface area (Å²) in [5.41, 5.74) is -0.709. The van der Waals surface area contributed by atoms with Crippen LogP contribution in [-0.2, 0) is 23.9 Å². The van der Waals surface area contributed by atoms with Gasteiger partial charge in [0, 0.05) is 31.0 Å². The molecule has 1 unspecified atom stereocenters. The molecule has 2 amide bonds. The van der Waals surface area contributed by atoms with Crippen LogP contribution in [0.1, 0.15) is 27.7 Å². The van der Waals surface area contributed by atoms with Crippen molar-refractivity contribution in [2.24, 2.45) is 11.8 Å². The number of hydrogen-bond acceptors (Lipinski definition) is 7. The number of anilines is 2. The standard InChI is InChI=1S/C28H35N3O6/c1-5-29(6-2)19-9-11-20(12-10-19)30-15-7-14-28-21(22-26(35)36-16-8-13-27(22,4)37-28)24(33)31(18(3)17-32)23(28)25(30)34/h7-14,18,21-23,32H,5-6,15-17H2,1-4H3/t18-,21+,22-,23?,27+,28+/m1/s1. The fourth-order valence-electron chi connectivity index (χ4n) is 6.52. The van der Waals surface area contributed by atoms with Gasteiger partial charge in [-0.3, -0.25) is 14.4 Å². The Hall–Kier alpha value is -3.17. The first-order chi connectivity index (χ1) is 17.7. The third-order valence-corrected chi connectivity index (χ3v) is 8.28. The van der Waals surface area contributed by atoms with Crippen LogP contribution in [0.3, 0.4) is 0 Å². The summed E-state index contributed by atoms with van der Waals surface area (Å²) in [6, 6.07) is 6.11. The molecular formula is C28H35N3O6. The molecule has 1 spiro atoms. The van der Waals surface area contributed by atoms with Crippen LogP contribution < -0.4 is 9.80 Å². The first-order valence-corrected chi connectivity index (χ1v) is 13.0. The summed E-state index contributed by atoms with van der Waals surface area (Å²) in [6.45, 7) is 9.46. The van der Waals surface area contributed by atoms with E-state index < -0.39 is 41.1 Å². The lowest BCUT2D eigenvalue weighted by molar-refractivity contribution is -0.157. The van der Waals surface area contributed by atoms with E-state index in [4.69, 9.17) is 9.47 Å². The summed E-state index contributed by atoms with van der Waals surface area (Å²) in [4.78, 5) is 46.7. The summed E-state index contributed by atoms with van der Waals surface area (Å²) in [6.07, 6.45) is 7.11. The first kappa shape index (κ1) is 25.5. The molecule has 6 atom stereocenters. The Balaban J connectivity index is 1.59. The molecule has 4 aliphatic heterocycles. The van der Waals surface area contributed by atoms with Gasteiger partial charge < -0.3 is 29.3 Å². The number of hydrogen-bond donors (Lipinski definition) is 1. The van der Waals surface area contributed by atoms with Crippen molar-refractivity contribution in [2.75, 3.05) is 42.6 Å². The van der Waals surface area contributed by atoms with Crippen LogP contribution in [0.15, 0.2) is 48.6 Å². The SMILES string of the molecule is CCN(CC)c1ccc(N2CC=C[C@]34O[C@@]5(C)C=CCOC(=O)[C@H]5[C@H]3C(=O)N([C@H](C)CO)C4C2=O)cc1. The summed E-state index contributed by atoms with van der Waals surface area (Å²) in [5, 5.41) is 10.0. The Morgan fingerprint density at radius 2 is 1.76 bits per heavy atom. The molecule has 0 bridgehead atoms. The number of nitrogens with zero attached hydrogens (tertiary/aromatic N) is 3. The predicted molar refractivity (Wildman–Crippen MR) is 138 cm³/mol. The highest BCUT2D eigenvalue weighted by molar-refractivity contribution is 6.05. The van der Waals surface area contributed by atoms with Crippen LogP contribution in [0.25, 0.3) is 0 Å². The predicted octanol–water partition coefficient (Wildman–Crippen LogP) is 1.90. The maximum absolute atomic E-state index is 14.3. The van der Waals surface area contributed by atoms with Crippen LogP contribution in [0.5, 0.6) is 0 Å². The van der Waals surface area contributed by atoms with E-state index in [9.17, 15) is 19.5 Å². The molecule has 5 rings (SSSR count). The zero-order valence-corrected chi connectivity index (χ0v) is 21.8. The molecule has 2 fully saturated rings. The van der Waals surface area contributed by atoms with E-state index in [0.29, 0.717) is 5.69 Å². The number of carbonyl (C=O) groups excluding carboxylic acids is 3. The van der Waals surface area contributed by atoms with Crippen molar-refractivity contribution in [1.29, 1.82) is 0 Å². The van der Waals surface area contributed by atoms with Crippen LogP contribution in [-0.4, -0.2) is 83.9 Å². The van der Waals surface area contributed by atoms with Gasteiger partial charge in [0.25, 0.3) is 5.91 Å². The summed E-state index contributed by atoms with van der Waals surface area (Å²) >= 11 is 0. The number of cyclic esters (lactones) is 1. The second-order valence-corrected chi connectivity index (χ2v) is 10.3. The van der Waals surface area contributed by atoms with Crippen molar-refractivity contribution in [1.82, 2.24) is 4.90 Å². The number of aliphatic hydroxyl groups excluding tert-OH is 1. The molecular weight excluding hydrogens is 474 g/mol. The second-order valence-electron chi connectivity index (χ2n) is 10.3. The highest BCUT2D eigenvalue weighted by atomic mass is 16.6. The van der Waals surface area contributed by atoms with Crippen LogP contribution in [0, 0.1) is 11.8 Å². The van der Waals surface area contributed by atoms with Crippen molar-refractivity contribution in [3.63, 3.8) is 0 Å². The van der Waals surface area contributed by atoms with Crippen LogP contribution in [0.2, 0.25) is 0 Å². The minimum absolute atomic E-state index is 0.106. The smallest absolute Gasteiger partial charge is 0.313 e. The van der Waals surface area contributed by atoms with Crippen LogP contribution in [0.4, 0.5) is 11.4 Å². The highest BCUT2D eigenvalue weighted by Crippen LogP contribution is 2.57. The highest BCUT2D eigenvalue weighted by Gasteiger charge is 2.75. The topological polar surface area (TPSA) is 99.6 Å². The molecule has 37 heavy (non-hydrogen) atoms. The summed E-state index contributed by atoms with van der Waals surface area (Å²) in [7, 11) is 0. The quantitative estimate of drug-likeness (QED) is 0.462. The normalized spacial score (nSPS) is 33.4. The van der Waals surface area contributed by atoms with Crippen LogP contribution >= 0.6 is 0 Å². The van der Waals surface area contributed by atoms with Gasteiger partial charge in [-0.2, -0.15) is 0 Å². The van der Waals surface area contributed by atoms with Gasteiger partial charge in [0.2, 0.25) is 5.91 Å². The lowest BCUT2D eigenvalue weighted by Crippen LogP contribution is -2.58. The van der Waals surface area contributed by atoms with E-state index in [-0.39, 0.29) is 31.6 Å². The maximum atomic E-state index is 14.3. The van der Waals surface area contributed by atoms with E-state index in [1.54, 1.807) is 37.0 Å². The van der Waals surface area contributed by atoms with Gasteiger partial charge in [-0.1, -0.05) is 18.2 Å². The number of benzene rings is 1. The van der Waals surface area contributed by atoms with E-state index in [1.165, 1.54) is 4.90 Å². The molecule has 1 aromatic rings. The zero-order valence-electron chi connectivity index (χ0n) is 21.8. The minimum Gasteiger partial charge on any atom is -0.461 e. The number of aliphatic hydroxyl groups is 1. The third-order valence-electron chi connectivity index (χ3n) is 8.28. The maximum Gasteiger partial charge on any atom is 0.313 e. The molecule has 2 saturated heterocycles. The van der Waals surface area contributed by atoms with Gasteiger partial charge in [0.15, 0.2) is 0 Å². The minimum atomic E-state index is -1.37. The Labute approximate surface area is 217 Å². The number of ether oxygens (including phenoxy) is 2. The van der Waals surface area contributed by atoms with Gasteiger partial charge in [-0.25, -0.2) is 0 Å². The van der Waals surface area contributed by atoms with Crippen molar-refractivity contribution >= 4 is 29.2 Å². The fourth-order valence-corrected chi connectivity index (χ4v) is 6.52. The number of esters is 1. The first-order valence-electron chi connectivity index (χ1n) is 13.0. The third kappa shape index (κ3) is 3.70. The average molecular weight is 510 g/mol. The zero-order chi connectivity index (χ0) is 26.5. The molecule has 4 heterocycles. The van der Waals surface area contributed by atoms with Crippen molar-refractivity contribution in [2.45, 2.75) is 51.0 Å². The molecule has 9 nitrogen and oxygen atoms in total. The van der Waals surface area contributed by atoms with Gasteiger partial charge in [-0.05, 0) is 58.0 Å². The number of rotatable bonds is 6. The Morgan fingerprint density at radius 1 is 1.05 bits per heavy atom. The monoisotopic (exact) mass is 509 g/mol. The lowest BCUT2D eigenvalue weighted by atomic mass is 9.75. The Kier molecular flexibility index (Phi) is 6.40. The Bertz CT molecular complexity index is 1150. The van der Waals surface area contributed by atoms with Gasteiger partial charge in [-0.15, -0.1) is 0 Å². The Morgan fingerprint density at radius 3 is 2.41 bits per heavy atom. The van der Waals surface area contributed by atoms with Crippen molar-refractivity contribution < 1.29 is 29.0 Å². The lowest BCUT2D eigenvalue weighted by Gasteiger charge is -2.39. The number of fused-ring (bicyclic) bond motifs is 2. The van der Waals surface area contributed by atoms with Crippen molar-refractivity contribution in [3.8, 4) is 0 Å². The second kappa shape index (κ2) is 9.29. The summed E-state index contributed by atoms with van der Waals surface area (Å²) < 4.78 is 12.0. The molecule has 0 radical (unpaired) electrons. The largest absolute Gasteiger partial charge is 0.461 e. The molecule has 1 aromatic carbocycles. The molecule has 1 N–H and O–H groups in total. The van der Waals surface area contributed by atoms with E-state index >= 15 is 0 Å². The molecule has 4 aliphatic rings. The van der Waals surface area contributed by atoms with Crippen molar-refractivity contribution in [3.05, 3.63) is 48.6 Å². The summed E-state index contributed by atoms with van der Waals surface area (Å²) in [5.74, 6) is -3.07. The number of amides is 2. The van der Waals surface area contributed by atoms with Gasteiger partial charge in [0.05, 0.1) is 24.2 Å². The van der Waals surface area contributed by atoms with E-state index in [1.807, 2.05) is 30.3 Å². The molecule has 198 valence electrons. The van der Waals surface area contributed by atoms with E-state index in [0.717, 1.165) is 18.8 Å². The fraction of sp³-hybridized carbons (Fsp3) is 0.536. The average Bonchev–Trinajstić information content (AvgIpc) is 3.16. The number of likely N-dealkylation sites (tertiary alicyclic amines) is 1. The van der Waals surface area contributed by atoms with Gasteiger partial charge >= 0.3 is 5.97 Å². The molecule has 9 heteroatoms. The molecule has 0 aromatic heterocycles. The molecule has 0 saturated carbocycles. The van der Waals surface area contributed by atoms with Gasteiger partial charge in [0.1, 0.15) is 24.2 Å². The number of carbonyl (C=O) groups is 3. The molecule has 0 aliphatic carbocycles.